The number of para-hydroxylation sites is 2. The Morgan fingerprint density at radius 3 is 1.73 bits per heavy atom. The predicted octanol–water partition coefficient (Wildman–Crippen LogP) is 5.17. The Labute approximate surface area is 295 Å². The number of carbonyl (C=O) groups is 3. The number of hydrogen-bond donors (Lipinski definition) is 5. The molecule has 0 spiro atoms. The number of ketones is 1. The van der Waals surface area contributed by atoms with Crippen LogP contribution in [-0.2, 0) is 80.6 Å². The van der Waals surface area contributed by atoms with Gasteiger partial charge >= 0.3 is 0 Å². The zero-order valence-corrected chi connectivity index (χ0v) is 29.4. The van der Waals surface area contributed by atoms with E-state index in [1.54, 1.807) is 60.7 Å². The quantitative estimate of drug-likeness (QED) is 0.170. The van der Waals surface area contributed by atoms with Gasteiger partial charge in [-0.25, -0.2) is 0 Å². The molecule has 0 aliphatic carbocycles. The molecule has 8 nitrogen and oxygen atoms in total. The van der Waals surface area contributed by atoms with E-state index in [1.807, 2.05) is 26.0 Å². The van der Waals surface area contributed by atoms with Crippen molar-refractivity contribution < 1.29 is 95.1 Å². The van der Waals surface area contributed by atoms with E-state index >= 15 is 0 Å². The van der Waals surface area contributed by atoms with Crippen molar-refractivity contribution in [2.45, 2.75) is 19.4 Å². The summed E-state index contributed by atoms with van der Waals surface area (Å²) in [6.07, 6.45) is 0. The van der Waals surface area contributed by atoms with Crippen molar-refractivity contribution in [1.82, 2.24) is 0 Å². The molecule has 2 radical (unpaired) electrons. The normalized spacial score (nSPS) is 15.8. The fourth-order valence-electron chi connectivity index (χ4n) is 4.21. The minimum Gasteiger partial charge on any atom is -0.508 e. The van der Waals surface area contributed by atoms with Gasteiger partial charge in [-0.15, -0.1) is 0 Å². The second-order valence-electron chi connectivity index (χ2n) is 8.97. The number of aryl methyl sites for hydroxylation is 2. The van der Waals surface area contributed by atoms with Gasteiger partial charge in [0.1, 0.15) is 11.5 Å². The van der Waals surface area contributed by atoms with Crippen molar-refractivity contribution >= 4 is 44.9 Å². The first kappa shape index (κ1) is 34.9. The summed E-state index contributed by atoms with van der Waals surface area (Å²) in [4.78, 5) is 34.2. The summed E-state index contributed by atoms with van der Waals surface area (Å²) in [5, 5.41) is 34.1. The molecule has 4 aromatic carbocycles. The molecular formula is C30H25BrN2O6Y2. The molecular weight excluding hydrogens is 742 g/mol. The third-order valence-electron chi connectivity index (χ3n) is 6.30. The standard InChI is InChI=1S/C15H13NO3.C9H7NO2.C6H5BrO.2Y/c1-9-3-2-4-12-13(9)16-14(18)15(12,19)10-5-7-11(17)8-6-10;1-5-3-2-4-6-7(5)10-9(12)8(6)11;7-5-1-3-6(8)4-2-5;;/h2-8,17,19H,1H3,(H,16,18);2-4H,1H3,(H,10,11,12);1-4,8H;;. The van der Waals surface area contributed by atoms with Crippen molar-refractivity contribution in [3.05, 3.63) is 117 Å². The maximum absolute atomic E-state index is 12.2. The number of phenols is 2. The van der Waals surface area contributed by atoms with E-state index in [0.717, 1.165) is 15.6 Å². The Balaban J connectivity index is 0.000000230. The molecule has 2 amide bonds. The summed E-state index contributed by atoms with van der Waals surface area (Å²) < 4.78 is 0.982. The van der Waals surface area contributed by atoms with Gasteiger partial charge in [0, 0.05) is 75.5 Å². The summed E-state index contributed by atoms with van der Waals surface area (Å²) in [7, 11) is 0. The summed E-state index contributed by atoms with van der Waals surface area (Å²) in [6, 6.07) is 23.5. The molecule has 0 aromatic heterocycles. The zero-order chi connectivity index (χ0) is 28.3. The number of anilines is 2. The van der Waals surface area contributed by atoms with Crippen LogP contribution < -0.4 is 10.6 Å². The number of benzene rings is 4. The second-order valence-corrected chi connectivity index (χ2v) is 9.88. The number of aliphatic hydroxyl groups is 1. The van der Waals surface area contributed by atoms with Crippen molar-refractivity contribution in [2.75, 3.05) is 10.6 Å². The second kappa shape index (κ2) is 14.8. The molecule has 204 valence electrons. The van der Waals surface area contributed by atoms with Gasteiger partial charge in [0.15, 0.2) is 5.60 Å². The Hall–Kier alpha value is -2.26. The average molecular weight is 767 g/mol. The first-order valence-corrected chi connectivity index (χ1v) is 12.6. The predicted molar refractivity (Wildman–Crippen MR) is 151 cm³/mol. The van der Waals surface area contributed by atoms with E-state index in [-0.39, 0.29) is 71.2 Å². The van der Waals surface area contributed by atoms with Gasteiger partial charge in [-0.2, -0.15) is 0 Å². The van der Waals surface area contributed by atoms with Gasteiger partial charge in [-0.1, -0.05) is 58.4 Å². The number of phenolic OH excluding ortho intramolecular Hbond substituents is 2. The monoisotopic (exact) mass is 766 g/mol. The van der Waals surface area contributed by atoms with Crippen LogP contribution in [0, 0.1) is 13.8 Å². The maximum atomic E-state index is 12.2. The molecule has 1 atom stereocenters. The maximum Gasteiger partial charge on any atom is 0.296 e. The third-order valence-corrected chi connectivity index (χ3v) is 6.83. The molecule has 2 aliphatic rings. The summed E-state index contributed by atoms with van der Waals surface area (Å²) >= 11 is 3.23. The van der Waals surface area contributed by atoms with Crippen LogP contribution in [0.15, 0.2) is 89.4 Å². The molecule has 1 unspecified atom stereocenters. The molecule has 5 N–H and O–H groups in total. The topological polar surface area (TPSA) is 136 Å². The molecule has 2 heterocycles. The number of carbonyl (C=O) groups excluding carboxylic acids is 3. The van der Waals surface area contributed by atoms with Gasteiger partial charge in [0.2, 0.25) is 0 Å². The van der Waals surface area contributed by atoms with E-state index in [2.05, 4.69) is 26.6 Å². The van der Waals surface area contributed by atoms with Gasteiger partial charge < -0.3 is 26.0 Å². The smallest absolute Gasteiger partial charge is 0.296 e. The molecule has 0 saturated heterocycles. The minimum atomic E-state index is -1.70. The molecule has 6 rings (SSSR count). The van der Waals surface area contributed by atoms with Crippen LogP contribution in [0.4, 0.5) is 11.4 Å². The number of halogens is 1. The van der Waals surface area contributed by atoms with Gasteiger partial charge in [-0.05, 0) is 73.0 Å². The Morgan fingerprint density at radius 2 is 1.20 bits per heavy atom. The summed E-state index contributed by atoms with van der Waals surface area (Å²) in [5.74, 6) is -1.04. The first-order chi connectivity index (χ1) is 18.5. The van der Waals surface area contributed by atoms with Crippen LogP contribution in [-0.4, -0.2) is 32.9 Å². The van der Waals surface area contributed by atoms with Crippen LogP contribution in [0.5, 0.6) is 11.5 Å². The van der Waals surface area contributed by atoms with Crippen molar-refractivity contribution in [1.29, 1.82) is 0 Å². The molecule has 0 saturated carbocycles. The molecule has 0 fully saturated rings. The minimum absolute atomic E-state index is 0. The van der Waals surface area contributed by atoms with Gasteiger partial charge in [-0.3, -0.25) is 14.4 Å². The van der Waals surface area contributed by atoms with Crippen LogP contribution in [0.2, 0.25) is 0 Å². The van der Waals surface area contributed by atoms with E-state index in [1.165, 1.54) is 12.1 Å². The number of aromatic hydroxyl groups is 2. The van der Waals surface area contributed by atoms with Gasteiger partial charge in [0.25, 0.3) is 17.6 Å². The van der Waals surface area contributed by atoms with Crippen LogP contribution in [0.1, 0.15) is 32.6 Å². The van der Waals surface area contributed by atoms with E-state index in [0.29, 0.717) is 33.8 Å². The van der Waals surface area contributed by atoms with E-state index in [4.69, 9.17) is 5.11 Å². The SMILES string of the molecule is Cc1cccc2c1NC(=O)C2(O)c1ccc(O)cc1.Cc1cccc2c1NC(=O)C2=O.Oc1ccc(Br)cc1.[Y].[Y]. The van der Waals surface area contributed by atoms with Crippen molar-refractivity contribution in [2.24, 2.45) is 0 Å². The Morgan fingerprint density at radius 1 is 0.683 bits per heavy atom. The van der Waals surface area contributed by atoms with Crippen LogP contribution >= 0.6 is 15.9 Å². The van der Waals surface area contributed by atoms with Gasteiger partial charge in [0.05, 0.1) is 16.9 Å². The van der Waals surface area contributed by atoms with E-state index < -0.39 is 23.2 Å². The Bertz CT molecular complexity index is 1560. The van der Waals surface area contributed by atoms with Crippen LogP contribution in [0.3, 0.4) is 0 Å². The fraction of sp³-hybridized carbons (Fsp3) is 0.100. The van der Waals surface area contributed by atoms with Crippen molar-refractivity contribution in [3.8, 4) is 11.5 Å². The zero-order valence-electron chi connectivity index (χ0n) is 22.2. The molecule has 0 bridgehead atoms. The number of rotatable bonds is 1. The van der Waals surface area contributed by atoms with Crippen LogP contribution in [0.25, 0.3) is 0 Å². The summed E-state index contributed by atoms with van der Waals surface area (Å²) in [5.41, 5.74) is 2.91. The third kappa shape index (κ3) is 7.58. The molecule has 4 aromatic rings. The fourth-order valence-corrected chi connectivity index (χ4v) is 4.47. The molecule has 11 heteroatoms. The number of fused-ring (bicyclic) bond motifs is 2. The summed E-state index contributed by atoms with van der Waals surface area (Å²) in [6.45, 7) is 3.74. The largest absolute Gasteiger partial charge is 0.508 e. The molecule has 41 heavy (non-hydrogen) atoms. The first-order valence-electron chi connectivity index (χ1n) is 11.9. The van der Waals surface area contributed by atoms with Crippen molar-refractivity contribution in [3.63, 3.8) is 0 Å². The Kier molecular flexibility index (Phi) is 12.6. The average Bonchev–Trinajstić information content (AvgIpc) is 3.37. The number of hydrogen-bond acceptors (Lipinski definition) is 6. The van der Waals surface area contributed by atoms with E-state index in [9.17, 15) is 24.6 Å². The number of amides is 2. The molecule has 2 aliphatic heterocycles. The number of Topliss-reactive ketones (excluding diaryl/α,β-unsaturated/α-hetero) is 1. The number of nitrogens with one attached hydrogen (secondary N) is 2.